The van der Waals surface area contributed by atoms with Crippen molar-refractivity contribution in [1.82, 2.24) is 4.57 Å². The first-order valence-electron chi connectivity index (χ1n) is 19.3. The Morgan fingerprint density at radius 1 is 0.611 bits per heavy atom. The van der Waals surface area contributed by atoms with Crippen LogP contribution >= 0.6 is 0 Å². The first kappa shape index (κ1) is 32.5. The maximum atomic E-state index is 2.57. The molecule has 6 aromatic carbocycles. The molecule has 2 heterocycles. The molecular formula is C52H44N2. The molecule has 1 aromatic heterocycles. The van der Waals surface area contributed by atoms with E-state index in [2.05, 4.69) is 207 Å². The fourth-order valence-electron chi connectivity index (χ4n) is 9.44. The van der Waals surface area contributed by atoms with Gasteiger partial charge in [0.25, 0.3) is 0 Å². The van der Waals surface area contributed by atoms with E-state index < -0.39 is 0 Å². The van der Waals surface area contributed by atoms with E-state index in [1.54, 1.807) is 0 Å². The standard InChI is InChI=1S/C52H44N2/c1-34-18-22-37(23-19-34)39-11-9-13-43(30-39)53-49-17-6-5-15-45(49)46-33-42(29-36(3)51(46)53)41-26-27-50-47(32-41)48-16-7-8-28-52(48,4)54(50)44-14-10-12-40(31-44)38-24-20-35(2)21-25-38/h5-28,30-33,36,48H,29H2,1-4H3. The van der Waals surface area contributed by atoms with Gasteiger partial charge in [-0.1, -0.05) is 139 Å². The number of rotatable bonds is 5. The number of para-hydroxylation sites is 1. The number of anilines is 2. The Balaban J connectivity index is 1.07. The lowest BCUT2D eigenvalue weighted by Gasteiger charge is -2.39. The minimum atomic E-state index is -0.205. The van der Waals surface area contributed by atoms with Crippen molar-refractivity contribution in [2.24, 2.45) is 0 Å². The highest BCUT2D eigenvalue weighted by atomic mass is 15.2. The van der Waals surface area contributed by atoms with Crippen LogP contribution in [0, 0.1) is 13.8 Å². The van der Waals surface area contributed by atoms with E-state index in [1.807, 2.05) is 0 Å². The number of allylic oxidation sites excluding steroid dienone is 3. The quantitative estimate of drug-likeness (QED) is 0.174. The number of hydrogen-bond acceptors (Lipinski definition) is 1. The number of hydrogen-bond donors (Lipinski definition) is 0. The molecule has 2 heteroatoms. The lowest BCUT2D eigenvalue weighted by Crippen LogP contribution is -2.41. The molecule has 3 aliphatic rings. The molecule has 10 rings (SSSR count). The molecule has 0 saturated carbocycles. The second kappa shape index (κ2) is 12.5. The number of benzene rings is 6. The SMILES string of the molecule is Cc1ccc(-c2cccc(N3c4ccc(C5=Cc6c(n(-c7cccc(-c8ccc(C)cc8)c7)c7ccccc67)C(C)C5)cc4C4C=CC=CC43C)c2)cc1. The van der Waals surface area contributed by atoms with Crippen molar-refractivity contribution < 1.29 is 0 Å². The number of aromatic nitrogens is 1. The predicted molar refractivity (Wildman–Crippen MR) is 229 cm³/mol. The van der Waals surface area contributed by atoms with Crippen LogP contribution in [0.5, 0.6) is 0 Å². The molecule has 262 valence electrons. The average Bonchev–Trinajstić information content (AvgIpc) is 3.68. The predicted octanol–water partition coefficient (Wildman–Crippen LogP) is 13.7. The zero-order valence-corrected chi connectivity index (χ0v) is 31.4. The van der Waals surface area contributed by atoms with Crippen molar-refractivity contribution >= 4 is 33.9 Å². The van der Waals surface area contributed by atoms with Gasteiger partial charge in [-0.25, -0.2) is 0 Å². The lowest BCUT2D eigenvalue weighted by atomic mass is 9.79. The molecule has 1 aliphatic heterocycles. The summed E-state index contributed by atoms with van der Waals surface area (Å²) in [7, 11) is 0. The molecule has 3 atom stereocenters. The van der Waals surface area contributed by atoms with Crippen LogP contribution in [0.2, 0.25) is 0 Å². The summed E-state index contributed by atoms with van der Waals surface area (Å²) in [5.74, 6) is 0.591. The molecule has 0 N–H and O–H groups in total. The summed E-state index contributed by atoms with van der Waals surface area (Å²) in [4.78, 5) is 2.57. The van der Waals surface area contributed by atoms with Gasteiger partial charge < -0.3 is 9.47 Å². The lowest BCUT2D eigenvalue weighted by molar-refractivity contribution is 0.542. The minimum absolute atomic E-state index is 0.205. The summed E-state index contributed by atoms with van der Waals surface area (Å²) in [6.07, 6.45) is 12.7. The zero-order valence-electron chi connectivity index (χ0n) is 31.4. The molecule has 2 nitrogen and oxygen atoms in total. The third kappa shape index (κ3) is 5.16. The highest BCUT2D eigenvalue weighted by Gasteiger charge is 2.47. The van der Waals surface area contributed by atoms with Gasteiger partial charge in [-0.15, -0.1) is 0 Å². The number of fused-ring (bicyclic) bond motifs is 6. The summed E-state index contributed by atoms with van der Waals surface area (Å²) in [6, 6.07) is 52.1. The Hall–Kier alpha value is -6.12. The molecule has 0 amide bonds. The van der Waals surface area contributed by atoms with Crippen molar-refractivity contribution in [2.45, 2.75) is 51.5 Å². The average molecular weight is 697 g/mol. The Bertz CT molecular complexity index is 2680. The van der Waals surface area contributed by atoms with Crippen molar-refractivity contribution in [3.63, 3.8) is 0 Å². The van der Waals surface area contributed by atoms with Gasteiger partial charge in [-0.3, -0.25) is 0 Å². The van der Waals surface area contributed by atoms with E-state index in [0.717, 1.165) is 6.42 Å². The van der Waals surface area contributed by atoms with Crippen molar-refractivity contribution in [3.05, 3.63) is 197 Å². The van der Waals surface area contributed by atoms with E-state index in [0.29, 0.717) is 5.92 Å². The van der Waals surface area contributed by atoms with Crippen LogP contribution in [0.25, 0.3) is 50.5 Å². The third-order valence-corrected chi connectivity index (χ3v) is 12.2. The summed E-state index contributed by atoms with van der Waals surface area (Å²) in [5.41, 5.74) is 19.2. The van der Waals surface area contributed by atoms with Gasteiger partial charge in [-0.05, 0) is 115 Å². The summed E-state index contributed by atoms with van der Waals surface area (Å²) >= 11 is 0. The molecule has 54 heavy (non-hydrogen) atoms. The maximum Gasteiger partial charge on any atom is 0.0712 e. The highest BCUT2D eigenvalue weighted by Crippen LogP contribution is 2.55. The van der Waals surface area contributed by atoms with Gasteiger partial charge in [0.2, 0.25) is 0 Å². The van der Waals surface area contributed by atoms with Crippen LogP contribution in [-0.4, -0.2) is 10.1 Å². The number of nitrogens with zero attached hydrogens (tertiary/aromatic N) is 2. The summed E-state index contributed by atoms with van der Waals surface area (Å²) < 4.78 is 2.52. The topological polar surface area (TPSA) is 8.17 Å². The molecule has 0 fully saturated rings. The largest absolute Gasteiger partial charge is 0.331 e. The summed E-state index contributed by atoms with van der Waals surface area (Å²) in [5, 5.41) is 1.31. The van der Waals surface area contributed by atoms with Gasteiger partial charge >= 0.3 is 0 Å². The van der Waals surface area contributed by atoms with Crippen LogP contribution in [0.1, 0.15) is 65.6 Å². The molecule has 0 saturated heterocycles. The molecule has 0 spiro atoms. The molecule has 2 aliphatic carbocycles. The van der Waals surface area contributed by atoms with Crippen molar-refractivity contribution in [2.75, 3.05) is 4.90 Å². The number of aryl methyl sites for hydroxylation is 2. The van der Waals surface area contributed by atoms with Crippen LogP contribution in [0.15, 0.2) is 164 Å². The monoisotopic (exact) mass is 696 g/mol. The van der Waals surface area contributed by atoms with Gasteiger partial charge in [-0.2, -0.15) is 0 Å². The van der Waals surface area contributed by atoms with Gasteiger partial charge in [0.05, 0.1) is 11.1 Å². The second-order valence-electron chi connectivity index (χ2n) is 15.8. The van der Waals surface area contributed by atoms with Crippen LogP contribution in [0.4, 0.5) is 11.4 Å². The van der Waals surface area contributed by atoms with Gasteiger partial charge in [0.1, 0.15) is 0 Å². The van der Waals surface area contributed by atoms with Crippen molar-refractivity contribution in [1.29, 1.82) is 0 Å². The Labute approximate surface area is 319 Å². The molecular weight excluding hydrogens is 653 g/mol. The Morgan fingerprint density at radius 3 is 1.98 bits per heavy atom. The summed E-state index contributed by atoms with van der Waals surface area (Å²) in [6.45, 7) is 9.10. The van der Waals surface area contributed by atoms with E-state index in [4.69, 9.17) is 0 Å². The van der Waals surface area contributed by atoms with Crippen molar-refractivity contribution in [3.8, 4) is 27.9 Å². The smallest absolute Gasteiger partial charge is 0.0712 e. The van der Waals surface area contributed by atoms with Crippen LogP contribution in [-0.2, 0) is 0 Å². The molecule has 7 aromatic rings. The van der Waals surface area contributed by atoms with Crippen LogP contribution < -0.4 is 4.90 Å². The highest BCUT2D eigenvalue weighted by molar-refractivity contribution is 6.00. The second-order valence-corrected chi connectivity index (χ2v) is 15.8. The first-order valence-corrected chi connectivity index (χ1v) is 19.3. The van der Waals surface area contributed by atoms with E-state index in [1.165, 1.54) is 89.3 Å². The molecule has 0 bridgehead atoms. The van der Waals surface area contributed by atoms with E-state index >= 15 is 0 Å². The van der Waals surface area contributed by atoms with Gasteiger partial charge in [0.15, 0.2) is 0 Å². The van der Waals surface area contributed by atoms with Crippen LogP contribution in [0.3, 0.4) is 0 Å². The fraction of sp³-hybridized carbons (Fsp3) is 0.154. The minimum Gasteiger partial charge on any atom is -0.331 e. The normalized spacial score (nSPS) is 19.8. The van der Waals surface area contributed by atoms with E-state index in [-0.39, 0.29) is 11.5 Å². The van der Waals surface area contributed by atoms with Gasteiger partial charge in [0, 0.05) is 45.5 Å². The fourth-order valence-corrected chi connectivity index (χ4v) is 9.44. The first-order chi connectivity index (χ1) is 26.4. The third-order valence-electron chi connectivity index (χ3n) is 12.2. The molecule has 0 radical (unpaired) electrons. The Morgan fingerprint density at radius 2 is 1.26 bits per heavy atom. The molecule has 3 unspecified atom stereocenters. The maximum absolute atomic E-state index is 2.57. The van der Waals surface area contributed by atoms with E-state index in [9.17, 15) is 0 Å². The Kier molecular flexibility index (Phi) is 7.52. The zero-order chi connectivity index (χ0) is 36.6.